The molecule has 2 fully saturated rings. The summed E-state index contributed by atoms with van der Waals surface area (Å²) >= 11 is 0. The summed E-state index contributed by atoms with van der Waals surface area (Å²) in [6.45, 7) is 3.87. The fourth-order valence-corrected chi connectivity index (χ4v) is 3.34. The zero-order valence-electron chi connectivity index (χ0n) is 8.20. The predicted molar refractivity (Wildman–Crippen MR) is 54.1 cm³/mol. The number of nitrogens with one attached hydrogen (secondary N) is 2. The standard InChI is InChI=1S/C8H17N3O2S/c12-14(13)10-4-5-11(14)7-8-2-1-3-9-6-8/h8-10H,1-7H2. The lowest BCUT2D eigenvalue weighted by molar-refractivity contribution is 0.304. The van der Waals surface area contributed by atoms with Crippen LogP contribution in [0.2, 0.25) is 0 Å². The number of nitrogens with zero attached hydrogens (tertiary/aromatic N) is 1. The summed E-state index contributed by atoms with van der Waals surface area (Å²) in [6, 6.07) is 0. The fourth-order valence-electron chi connectivity index (χ4n) is 2.07. The third-order valence-electron chi connectivity index (χ3n) is 2.85. The first kappa shape index (κ1) is 10.4. The Hall–Kier alpha value is -0.170. The van der Waals surface area contributed by atoms with Crippen LogP contribution < -0.4 is 10.0 Å². The fraction of sp³-hybridized carbons (Fsp3) is 1.00. The van der Waals surface area contributed by atoms with Crippen LogP contribution in [0.5, 0.6) is 0 Å². The SMILES string of the molecule is O=S1(=O)NCCN1CC1CCCNC1. The third-order valence-corrected chi connectivity index (χ3v) is 4.43. The second kappa shape index (κ2) is 4.14. The molecule has 0 bridgehead atoms. The molecule has 14 heavy (non-hydrogen) atoms. The molecular formula is C8H17N3O2S. The molecule has 2 aliphatic heterocycles. The smallest absolute Gasteiger partial charge is 0.279 e. The van der Waals surface area contributed by atoms with E-state index < -0.39 is 10.2 Å². The van der Waals surface area contributed by atoms with Crippen LogP contribution in [0, 0.1) is 5.92 Å². The highest BCUT2D eigenvalue weighted by molar-refractivity contribution is 7.87. The van der Waals surface area contributed by atoms with Gasteiger partial charge in [0.2, 0.25) is 0 Å². The van der Waals surface area contributed by atoms with Crippen molar-refractivity contribution in [3.8, 4) is 0 Å². The average Bonchev–Trinajstić information content (AvgIpc) is 2.48. The first-order valence-electron chi connectivity index (χ1n) is 5.14. The molecule has 1 unspecified atom stereocenters. The number of piperidine rings is 1. The Morgan fingerprint density at radius 2 is 2.21 bits per heavy atom. The van der Waals surface area contributed by atoms with Gasteiger partial charge in [0.15, 0.2) is 0 Å². The molecule has 0 radical (unpaired) electrons. The average molecular weight is 219 g/mol. The van der Waals surface area contributed by atoms with E-state index in [9.17, 15) is 8.42 Å². The van der Waals surface area contributed by atoms with Gasteiger partial charge in [-0.15, -0.1) is 0 Å². The van der Waals surface area contributed by atoms with Crippen LogP contribution in [-0.4, -0.2) is 45.4 Å². The van der Waals surface area contributed by atoms with Crippen LogP contribution in [0.25, 0.3) is 0 Å². The Balaban J connectivity index is 1.90. The molecule has 1 atom stereocenters. The lowest BCUT2D eigenvalue weighted by Crippen LogP contribution is -2.39. The molecular weight excluding hydrogens is 202 g/mol. The molecule has 0 aromatic rings. The third kappa shape index (κ3) is 2.25. The monoisotopic (exact) mass is 219 g/mol. The van der Waals surface area contributed by atoms with Crippen molar-refractivity contribution in [3.05, 3.63) is 0 Å². The second-order valence-electron chi connectivity index (χ2n) is 3.97. The minimum absolute atomic E-state index is 0.485. The summed E-state index contributed by atoms with van der Waals surface area (Å²) in [4.78, 5) is 0. The maximum atomic E-state index is 11.4. The maximum absolute atomic E-state index is 11.4. The van der Waals surface area contributed by atoms with Gasteiger partial charge in [-0.1, -0.05) is 0 Å². The molecule has 6 heteroatoms. The summed E-state index contributed by atoms with van der Waals surface area (Å²) in [7, 11) is -3.13. The molecule has 0 aromatic carbocycles. The zero-order chi connectivity index (χ0) is 10.0. The van der Waals surface area contributed by atoms with E-state index in [4.69, 9.17) is 0 Å². The predicted octanol–water partition coefficient (Wildman–Crippen LogP) is -0.864. The first-order valence-corrected chi connectivity index (χ1v) is 6.58. The van der Waals surface area contributed by atoms with E-state index >= 15 is 0 Å². The van der Waals surface area contributed by atoms with Crippen molar-refractivity contribution in [1.82, 2.24) is 14.3 Å². The van der Waals surface area contributed by atoms with Crippen LogP contribution in [0.1, 0.15) is 12.8 Å². The largest absolute Gasteiger partial charge is 0.316 e. The Labute approximate surface area is 85.0 Å². The zero-order valence-corrected chi connectivity index (χ0v) is 9.02. The highest BCUT2D eigenvalue weighted by Gasteiger charge is 2.30. The van der Waals surface area contributed by atoms with E-state index in [-0.39, 0.29) is 0 Å². The summed E-state index contributed by atoms with van der Waals surface area (Å²) in [5, 5.41) is 3.29. The molecule has 2 saturated heterocycles. The second-order valence-corrected chi connectivity index (χ2v) is 5.72. The Bertz CT molecular complexity index is 285. The molecule has 82 valence electrons. The molecule has 2 heterocycles. The Kier molecular flexibility index (Phi) is 3.06. The van der Waals surface area contributed by atoms with Gasteiger partial charge in [0.05, 0.1) is 0 Å². The molecule has 0 aliphatic carbocycles. The number of rotatable bonds is 2. The van der Waals surface area contributed by atoms with Crippen molar-refractivity contribution in [2.24, 2.45) is 5.92 Å². The van der Waals surface area contributed by atoms with Gasteiger partial charge in [0.1, 0.15) is 0 Å². The van der Waals surface area contributed by atoms with Crippen molar-refractivity contribution in [3.63, 3.8) is 0 Å². The molecule has 2 aliphatic rings. The van der Waals surface area contributed by atoms with E-state index in [1.165, 1.54) is 0 Å². The van der Waals surface area contributed by atoms with E-state index in [1.807, 2.05) is 0 Å². The van der Waals surface area contributed by atoms with Crippen LogP contribution >= 0.6 is 0 Å². The Morgan fingerprint density at radius 1 is 1.36 bits per heavy atom. The summed E-state index contributed by atoms with van der Waals surface area (Å²) < 4.78 is 26.9. The van der Waals surface area contributed by atoms with Crippen molar-refractivity contribution in [2.45, 2.75) is 12.8 Å². The highest BCUT2D eigenvalue weighted by atomic mass is 32.2. The summed E-state index contributed by atoms with van der Waals surface area (Å²) in [5.74, 6) is 0.485. The van der Waals surface area contributed by atoms with Crippen molar-refractivity contribution in [1.29, 1.82) is 0 Å². The van der Waals surface area contributed by atoms with E-state index in [2.05, 4.69) is 10.0 Å². The van der Waals surface area contributed by atoms with Gasteiger partial charge in [-0.3, -0.25) is 0 Å². The van der Waals surface area contributed by atoms with Crippen molar-refractivity contribution in [2.75, 3.05) is 32.7 Å². The van der Waals surface area contributed by atoms with E-state index in [0.717, 1.165) is 25.9 Å². The van der Waals surface area contributed by atoms with Gasteiger partial charge in [-0.2, -0.15) is 12.7 Å². The minimum atomic E-state index is -3.13. The molecule has 0 saturated carbocycles. The van der Waals surface area contributed by atoms with E-state index in [0.29, 0.717) is 25.6 Å². The topological polar surface area (TPSA) is 61.4 Å². The van der Waals surface area contributed by atoms with E-state index in [1.54, 1.807) is 4.31 Å². The molecule has 2 N–H and O–H groups in total. The normalized spacial score (nSPS) is 33.3. The summed E-state index contributed by atoms with van der Waals surface area (Å²) in [5.41, 5.74) is 0. The van der Waals surface area contributed by atoms with Gasteiger partial charge in [0, 0.05) is 19.6 Å². The quantitative estimate of drug-likeness (QED) is 0.635. The lowest BCUT2D eigenvalue weighted by atomic mass is 10.00. The van der Waals surface area contributed by atoms with Crippen LogP contribution in [0.4, 0.5) is 0 Å². The van der Waals surface area contributed by atoms with Gasteiger partial charge < -0.3 is 5.32 Å². The van der Waals surface area contributed by atoms with Crippen LogP contribution in [0.15, 0.2) is 0 Å². The van der Waals surface area contributed by atoms with Crippen LogP contribution in [0.3, 0.4) is 0 Å². The van der Waals surface area contributed by atoms with Gasteiger partial charge in [0.25, 0.3) is 10.2 Å². The highest BCUT2D eigenvalue weighted by Crippen LogP contribution is 2.14. The summed E-state index contributed by atoms with van der Waals surface area (Å²) in [6.07, 6.45) is 2.30. The van der Waals surface area contributed by atoms with Gasteiger partial charge in [-0.25, -0.2) is 4.72 Å². The first-order chi connectivity index (χ1) is 6.68. The van der Waals surface area contributed by atoms with Gasteiger partial charge in [-0.05, 0) is 31.8 Å². The molecule has 2 rings (SSSR count). The lowest BCUT2D eigenvalue weighted by Gasteiger charge is -2.26. The molecule has 5 nitrogen and oxygen atoms in total. The Morgan fingerprint density at radius 3 is 2.79 bits per heavy atom. The molecule has 0 aromatic heterocycles. The van der Waals surface area contributed by atoms with Crippen molar-refractivity contribution >= 4 is 10.2 Å². The number of hydrogen-bond donors (Lipinski definition) is 2. The number of hydrogen-bond acceptors (Lipinski definition) is 3. The molecule has 0 amide bonds. The minimum Gasteiger partial charge on any atom is -0.316 e. The van der Waals surface area contributed by atoms with Crippen LogP contribution in [-0.2, 0) is 10.2 Å². The van der Waals surface area contributed by atoms with Crippen molar-refractivity contribution < 1.29 is 8.42 Å². The maximum Gasteiger partial charge on any atom is 0.279 e. The van der Waals surface area contributed by atoms with Gasteiger partial charge >= 0.3 is 0 Å². The molecule has 0 spiro atoms.